The Labute approximate surface area is 113 Å². The van der Waals surface area contributed by atoms with Crippen molar-refractivity contribution < 1.29 is 0 Å². The van der Waals surface area contributed by atoms with Crippen molar-refractivity contribution in [2.45, 2.75) is 32.2 Å². The molecular weight excluding hydrogens is 250 g/mol. The van der Waals surface area contributed by atoms with Gasteiger partial charge < -0.3 is 5.32 Å². The van der Waals surface area contributed by atoms with Gasteiger partial charge in [0.2, 0.25) is 0 Å². The molecule has 1 aliphatic rings. The lowest BCUT2D eigenvalue weighted by molar-refractivity contribution is 0.533. The van der Waals surface area contributed by atoms with E-state index in [1.807, 2.05) is 17.8 Å². The highest BCUT2D eigenvalue weighted by molar-refractivity contribution is 7.99. The van der Waals surface area contributed by atoms with Crippen LogP contribution in [0.3, 0.4) is 0 Å². The van der Waals surface area contributed by atoms with Crippen LogP contribution >= 0.6 is 23.4 Å². The van der Waals surface area contributed by atoms with Crippen LogP contribution in [0, 0.1) is 0 Å². The summed E-state index contributed by atoms with van der Waals surface area (Å²) in [5, 5.41) is 4.52. The molecule has 0 bridgehead atoms. The first-order valence-corrected chi connectivity index (χ1v) is 7.91. The summed E-state index contributed by atoms with van der Waals surface area (Å²) < 4.78 is 0. The predicted octanol–water partition coefficient (Wildman–Crippen LogP) is 3.54. The Morgan fingerprint density at radius 2 is 2.18 bits per heavy atom. The molecule has 17 heavy (non-hydrogen) atoms. The molecule has 0 amide bonds. The van der Waals surface area contributed by atoms with Crippen LogP contribution in [-0.4, -0.2) is 24.1 Å². The SMILES string of the molecule is CCSCCCNC1Cc2ccc(Cl)cc2C1. The second kappa shape index (κ2) is 6.67. The zero-order valence-electron chi connectivity index (χ0n) is 10.3. The highest BCUT2D eigenvalue weighted by Crippen LogP contribution is 2.25. The highest BCUT2D eigenvalue weighted by Gasteiger charge is 2.20. The molecule has 0 spiro atoms. The summed E-state index contributed by atoms with van der Waals surface area (Å²) in [6, 6.07) is 6.91. The van der Waals surface area contributed by atoms with Crippen molar-refractivity contribution in [1.82, 2.24) is 5.32 Å². The maximum Gasteiger partial charge on any atom is 0.0408 e. The van der Waals surface area contributed by atoms with Crippen molar-refractivity contribution in [2.24, 2.45) is 0 Å². The van der Waals surface area contributed by atoms with Crippen LogP contribution in [0.4, 0.5) is 0 Å². The van der Waals surface area contributed by atoms with Gasteiger partial charge in [-0.25, -0.2) is 0 Å². The Morgan fingerprint density at radius 3 is 3.00 bits per heavy atom. The van der Waals surface area contributed by atoms with E-state index in [4.69, 9.17) is 11.6 Å². The Hall–Kier alpha value is -0.180. The standard InChI is InChI=1S/C14H20ClNS/c1-2-17-7-3-6-16-14-9-11-4-5-13(15)8-12(11)10-14/h4-5,8,14,16H,2-3,6-7,9-10H2,1H3. The molecule has 1 N–H and O–H groups in total. The zero-order valence-corrected chi connectivity index (χ0v) is 11.9. The fourth-order valence-electron chi connectivity index (χ4n) is 2.36. The minimum atomic E-state index is 0.620. The van der Waals surface area contributed by atoms with E-state index in [0.717, 1.165) is 24.4 Å². The van der Waals surface area contributed by atoms with E-state index < -0.39 is 0 Å². The maximum absolute atomic E-state index is 6.01. The molecule has 1 nitrogen and oxygen atoms in total. The van der Waals surface area contributed by atoms with Gasteiger partial charge >= 0.3 is 0 Å². The Morgan fingerprint density at radius 1 is 1.35 bits per heavy atom. The molecule has 0 aromatic heterocycles. The van der Waals surface area contributed by atoms with Crippen molar-refractivity contribution in [3.05, 3.63) is 34.3 Å². The van der Waals surface area contributed by atoms with E-state index in [0.29, 0.717) is 6.04 Å². The smallest absolute Gasteiger partial charge is 0.0408 e. The molecule has 0 heterocycles. The molecule has 0 saturated heterocycles. The third kappa shape index (κ3) is 3.90. The Balaban J connectivity index is 1.73. The largest absolute Gasteiger partial charge is 0.313 e. The van der Waals surface area contributed by atoms with Crippen molar-refractivity contribution in [2.75, 3.05) is 18.1 Å². The van der Waals surface area contributed by atoms with E-state index in [-0.39, 0.29) is 0 Å². The first-order chi connectivity index (χ1) is 8.29. The summed E-state index contributed by atoms with van der Waals surface area (Å²) in [7, 11) is 0. The van der Waals surface area contributed by atoms with Crippen molar-refractivity contribution in [3.63, 3.8) is 0 Å². The van der Waals surface area contributed by atoms with Crippen LogP contribution in [0.1, 0.15) is 24.5 Å². The summed E-state index contributed by atoms with van der Waals surface area (Å²) in [5.74, 6) is 2.50. The fraction of sp³-hybridized carbons (Fsp3) is 0.571. The number of nitrogens with one attached hydrogen (secondary N) is 1. The quantitative estimate of drug-likeness (QED) is 0.793. The van der Waals surface area contributed by atoms with Gasteiger partial charge in [-0.1, -0.05) is 24.6 Å². The first kappa shape index (κ1) is 13.3. The van der Waals surface area contributed by atoms with Gasteiger partial charge in [-0.2, -0.15) is 11.8 Å². The summed E-state index contributed by atoms with van der Waals surface area (Å²) >= 11 is 8.03. The first-order valence-electron chi connectivity index (χ1n) is 6.38. The molecule has 94 valence electrons. The van der Waals surface area contributed by atoms with Gasteiger partial charge in [-0.05, 0) is 60.6 Å². The highest BCUT2D eigenvalue weighted by atomic mass is 35.5. The molecule has 1 atom stereocenters. The molecule has 1 unspecified atom stereocenters. The van der Waals surface area contributed by atoms with Crippen LogP contribution in [0.25, 0.3) is 0 Å². The van der Waals surface area contributed by atoms with Gasteiger partial charge in [0, 0.05) is 11.1 Å². The number of halogens is 1. The second-order valence-corrected chi connectivity index (χ2v) is 6.35. The Kier molecular flexibility index (Phi) is 5.20. The van der Waals surface area contributed by atoms with E-state index in [1.165, 1.54) is 29.1 Å². The Bertz CT molecular complexity index is 367. The maximum atomic E-state index is 6.01. The van der Waals surface area contributed by atoms with E-state index in [9.17, 15) is 0 Å². The van der Waals surface area contributed by atoms with Gasteiger partial charge in [-0.3, -0.25) is 0 Å². The molecule has 1 aliphatic carbocycles. The molecule has 3 heteroatoms. The average molecular weight is 270 g/mol. The summed E-state index contributed by atoms with van der Waals surface area (Å²) in [5.41, 5.74) is 2.90. The van der Waals surface area contributed by atoms with E-state index in [2.05, 4.69) is 24.4 Å². The number of benzene rings is 1. The molecule has 0 radical (unpaired) electrons. The number of thioether (sulfide) groups is 1. The number of rotatable bonds is 6. The minimum Gasteiger partial charge on any atom is -0.313 e. The number of fused-ring (bicyclic) bond motifs is 1. The van der Waals surface area contributed by atoms with Gasteiger partial charge in [0.25, 0.3) is 0 Å². The normalized spacial score (nSPS) is 18.4. The summed E-state index contributed by atoms with van der Waals surface area (Å²) in [6.45, 7) is 3.36. The predicted molar refractivity (Wildman–Crippen MR) is 78.3 cm³/mol. The van der Waals surface area contributed by atoms with Crippen LogP contribution in [-0.2, 0) is 12.8 Å². The molecule has 2 rings (SSSR count). The van der Waals surface area contributed by atoms with Crippen LogP contribution in [0.15, 0.2) is 18.2 Å². The van der Waals surface area contributed by atoms with Gasteiger partial charge in [0.15, 0.2) is 0 Å². The van der Waals surface area contributed by atoms with E-state index in [1.54, 1.807) is 0 Å². The fourth-order valence-corrected chi connectivity index (χ4v) is 3.19. The average Bonchev–Trinajstić information content (AvgIpc) is 2.70. The van der Waals surface area contributed by atoms with Gasteiger partial charge in [0.1, 0.15) is 0 Å². The second-order valence-electron chi connectivity index (χ2n) is 4.52. The summed E-state index contributed by atoms with van der Waals surface area (Å²) in [6.07, 6.45) is 3.57. The molecule has 0 saturated carbocycles. The number of hydrogen-bond acceptors (Lipinski definition) is 2. The van der Waals surface area contributed by atoms with E-state index >= 15 is 0 Å². The molecule has 1 aromatic rings. The van der Waals surface area contributed by atoms with Crippen LogP contribution in [0.2, 0.25) is 5.02 Å². The van der Waals surface area contributed by atoms with Gasteiger partial charge in [0.05, 0.1) is 0 Å². The number of hydrogen-bond donors (Lipinski definition) is 1. The molecule has 0 fully saturated rings. The third-order valence-corrected chi connectivity index (χ3v) is 4.42. The topological polar surface area (TPSA) is 12.0 Å². The lowest BCUT2D eigenvalue weighted by atomic mass is 10.1. The monoisotopic (exact) mass is 269 g/mol. The third-order valence-electron chi connectivity index (χ3n) is 3.20. The summed E-state index contributed by atoms with van der Waals surface area (Å²) in [4.78, 5) is 0. The van der Waals surface area contributed by atoms with Crippen molar-refractivity contribution in [1.29, 1.82) is 0 Å². The molecular formula is C14H20ClNS. The van der Waals surface area contributed by atoms with Gasteiger partial charge in [-0.15, -0.1) is 0 Å². The zero-order chi connectivity index (χ0) is 12.1. The molecule has 0 aliphatic heterocycles. The van der Waals surface area contributed by atoms with Crippen molar-refractivity contribution in [3.8, 4) is 0 Å². The lowest BCUT2D eigenvalue weighted by Gasteiger charge is -2.11. The van der Waals surface area contributed by atoms with Crippen LogP contribution in [0.5, 0.6) is 0 Å². The molecule has 1 aromatic carbocycles. The minimum absolute atomic E-state index is 0.620. The van der Waals surface area contributed by atoms with Crippen molar-refractivity contribution >= 4 is 23.4 Å². The van der Waals surface area contributed by atoms with Crippen LogP contribution < -0.4 is 5.32 Å². The lowest BCUT2D eigenvalue weighted by Crippen LogP contribution is -2.30.